The highest BCUT2D eigenvalue weighted by molar-refractivity contribution is 7.13. The van der Waals surface area contributed by atoms with Crippen molar-refractivity contribution in [1.29, 1.82) is 0 Å². The Balaban J connectivity index is 1.78. The number of amides is 2. The number of carbonyl (C=O) groups is 1. The molecule has 4 aromatic rings. The summed E-state index contributed by atoms with van der Waals surface area (Å²) in [6.07, 6.45) is 0. The van der Waals surface area contributed by atoms with Crippen molar-refractivity contribution in [1.82, 2.24) is 4.37 Å². The van der Waals surface area contributed by atoms with Gasteiger partial charge in [-0.05, 0) is 58.6 Å². The van der Waals surface area contributed by atoms with Gasteiger partial charge in [0.05, 0.1) is 16.1 Å². The first-order chi connectivity index (χ1) is 14.0. The number of halogens is 1. The highest BCUT2D eigenvalue weighted by Gasteiger charge is 2.20. The molecule has 0 saturated heterocycles. The summed E-state index contributed by atoms with van der Waals surface area (Å²) in [5.41, 5.74) is 20.3. The molecule has 29 heavy (non-hydrogen) atoms. The van der Waals surface area contributed by atoms with Crippen molar-refractivity contribution in [2.45, 2.75) is 6.54 Å². The van der Waals surface area contributed by atoms with E-state index in [1.54, 1.807) is 18.2 Å². The van der Waals surface area contributed by atoms with Crippen LogP contribution in [0.15, 0.2) is 60.7 Å². The summed E-state index contributed by atoms with van der Waals surface area (Å²) in [6.45, 7) is 0.221. The molecule has 0 saturated carbocycles. The lowest BCUT2D eigenvalue weighted by Crippen LogP contribution is -2.32. The maximum absolute atomic E-state index is 14.4. The van der Waals surface area contributed by atoms with Crippen molar-refractivity contribution in [2.24, 2.45) is 11.5 Å². The first-order valence-corrected chi connectivity index (χ1v) is 9.59. The molecule has 146 valence electrons. The van der Waals surface area contributed by atoms with Crippen molar-refractivity contribution in [3.05, 3.63) is 72.0 Å². The molecule has 0 spiro atoms. The van der Waals surface area contributed by atoms with E-state index in [1.165, 1.54) is 23.7 Å². The van der Waals surface area contributed by atoms with Crippen molar-refractivity contribution in [3.8, 4) is 11.1 Å². The molecular weight excluding hydrogens is 389 g/mol. The average molecular weight is 407 g/mol. The smallest absolute Gasteiger partial charge is 0.323 e. The zero-order valence-electron chi connectivity index (χ0n) is 15.3. The van der Waals surface area contributed by atoms with Crippen molar-refractivity contribution >= 4 is 44.8 Å². The SMILES string of the molecule is NCc1ccc(F)c(N(C(N)=O)c2ccc(-c3cccc4snc(N)c34)cc2)c1. The first kappa shape index (κ1) is 18.9. The summed E-state index contributed by atoms with van der Waals surface area (Å²) in [6, 6.07) is 16.5. The maximum Gasteiger partial charge on any atom is 0.323 e. The van der Waals surface area contributed by atoms with Gasteiger partial charge in [-0.3, -0.25) is 4.90 Å². The number of aromatic nitrogens is 1. The van der Waals surface area contributed by atoms with Crippen LogP contribution in [0.5, 0.6) is 0 Å². The van der Waals surface area contributed by atoms with Gasteiger partial charge in [-0.15, -0.1) is 0 Å². The van der Waals surface area contributed by atoms with Crippen LogP contribution in [0, 0.1) is 5.82 Å². The van der Waals surface area contributed by atoms with E-state index in [0.717, 1.165) is 26.1 Å². The van der Waals surface area contributed by atoms with E-state index < -0.39 is 11.8 Å². The molecule has 3 aromatic carbocycles. The summed E-state index contributed by atoms with van der Waals surface area (Å²) in [4.78, 5) is 13.2. The monoisotopic (exact) mass is 407 g/mol. The molecule has 0 aliphatic rings. The molecule has 0 bridgehead atoms. The quantitative estimate of drug-likeness (QED) is 0.467. The van der Waals surface area contributed by atoms with Crippen LogP contribution in [0.1, 0.15) is 5.56 Å². The van der Waals surface area contributed by atoms with E-state index >= 15 is 0 Å². The van der Waals surface area contributed by atoms with Crippen LogP contribution in [0.25, 0.3) is 21.2 Å². The fourth-order valence-electron chi connectivity index (χ4n) is 3.29. The third-order valence-corrected chi connectivity index (χ3v) is 5.49. The van der Waals surface area contributed by atoms with Crippen LogP contribution >= 0.6 is 11.5 Å². The molecular formula is C21H18FN5OS. The third kappa shape index (κ3) is 3.39. The molecule has 8 heteroatoms. The number of hydrogen-bond donors (Lipinski definition) is 3. The normalized spacial score (nSPS) is 11.0. The first-order valence-electron chi connectivity index (χ1n) is 8.82. The number of nitrogens with zero attached hydrogens (tertiary/aromatic N) is 2. The molecule has 6 nitrogen and oxygen atoms in total. The van der Waals surface area contributed by atoms with Gasteiger partial charge in [0, 0.05) is 11.9 Å². The fraction of sp³-hybridized carbons (Fsp3) is 0.0476. The van der Waals surface area contributed by atoms with Crippen LogP contribution in [-0.4, -0.2) is 10.4 Å². The molecule has 0 fully saturated rings. The van der Waals surface area contributed by atoms with Crippen molar-refractivity contribution in [3.63, 3.8) is 0 Å². The van der Waals surface area contributed by atoms with Gasteiger partial charge in [-0.25, -0.2) is 9.18 Å². The lowest BCUT2D eigenvalue weighted by molar-refractivity contribution is 0.256. The topological polar surface area (TPSA) is 111 Å². The number of benzene rings is 3. The van der Waals surface area contributed by atoms with Gasteiger partial charge in [0.15, 0.2) is 0 Å². The number of anilines is 3. The van der Waals surface area contributed by atoms with Gasteiger partial charge in [0.25, 0.3) is 0 Å². The van der Waals surface area contributed by atoms with Gasteiger partial charge in [-0.1, -0.05) is 30.3 Å². The summed E-state index contributed by atoms with van der Waals surface area (Å²) in [5, 5.41) is 0.888. The number of carbonyl (C=O) groups excluding carboxylic acids is 1. The predicted octanol–water partition coefficient (Wildman–Crippen LogP) is 4.36. The molecule has 6 N–H and O–H groups in total. The van der Waals surface area contributed by atoms with Crippen molar-refractivity contribution in [2.75, 3.05) is 10.6 Å². The fourth-order valence-corrected chi connectivity index (χ4v) is 4.02. The van der Waals surface area contributed by atoms with Gasteiger partial charge < -0.3 is 17.2 Å². The van der Waals surface area contributed by atoms with Gasteiger partial charge in [0.2, 0.25) is 0 Å². The van der Waals surface area contributed by atoms with Crippen LogP contribution in [0.4, 0.5) is 26.4 Å². The maximum atomic E-state index is 14.4. The zero-order chi connectivity index (χ0) is 20.5. The second-order valence-corrected chi connectivity index (χ2v) is 7.26. The molecule has 1 heterocycles. The molecule has 0 atom stereocenters. The Labute approximate surface area is 170 Å². The molecule has 4 rings (SSSR count). The molecule has 0 aliphatic carbocycles. The molecule has 0 unspecified atom stereocenters. The largest absolute Gasteiger partial charge is 0.382 e. The Morgan fingerprint density at radius 2 is 1.86 bits per heavy atom. The van der Waals surface area contributed by atoms with E-state index in [4.69, 9.17) is 17.2 Å². The standard InChI is InChI=1S/C21H18FN5OS/c22-16-9-4-12(11-23)10-17(16)27(21(25)28)14-7-5-13(6-8-14)15-2-1-3-18-19(15)20(24)26-29-18/h1-10H,11,23H2,(H2,24,26)(H2,25,28). The van der Waals surface area contributed by atoms with E-state index in [-0.39, 0.29) is 12.2 Å². The number of nitrogen functional groups attached to an aromatic ring is 1. The van der Waals surface area contributed by atoms with Crippen LogP contribution < -0.4 is 22.1 Å². The Kier molecular flexibility index (Phi) is 4.87. The van der Waals surface area contributed by atoms with E-state index in [0.29, 0.717) is 17.1 Å². The number of primary amides is 1. The summed E-state index contributed by atoms with van der Waals surface area (Å²) < 4.78 is 19.6. The minimum absolute atomic E-state index is 0.0570. The molecule has 2 amide bonds. The summed E-state index contributed by atoms with van der Waals surface area (Å²) in [5.74, 6) is -0.0870. The number of fused-ring (bicyclic) bond motifs is 1. The lowest BCUT2D eigenvalue weighted by atomic mass is 10.0. The average Bonchev–Trinajstić information content (AvgIpc) is 3.11. The number of urea groups is 1. The van der Waals surface area contributed by atoms with Crippen LogP contribution in [0.3, 0.4) is 0 Å². The minimum atomic E-state index is -0.792. The number of hydrogen-bond acceptors (Lipinski definition) is 5. The lowest BCUT2D eigenvalue weighted by Gasteiger charge is -2.22. The predicted molar refractivity (Wildman–Crippen MR) is 115 cm³/mol. The summed E-state index contributed by atoms with van der Waals surface area (Å²) in [7, 11) is 0. The minimum Gasteiger partial charge on any atom is -0.382 e. The number of rotatable bonds is 4. The second kappa shape index (κ2) is 7.50. The molecule has 1 aromatic heterocycles. The highest BCUT2D eigenvalue weighted by atomic mass is 32.1. The van der Waals surface area contributed by atoms with Gasteiger partial charge in [-0.2, -0.15) is 4.37 Å². The van der Waals surface area contributed by atoms with E-state index in [1.807, 2.05) is 30.3 Å². The summed E-state index contributed by atoms with van der Waals surface area (Å²) >= 11 is 1.34. The number of nitrogens with two attached hydrogens (primary N) is 3. The van der Waals surface area contributed by atoms with Crippen molar-refractivity contribution < 1.29 is 9.18 Å². The zero-order valence-corrected chi connectivity index (χ0v) is 16.1. The third-order valence-electron chi connectivity index (χ3n) is 4.67. The van der Waals surface area contributed by atoms with Crippen LogP contribution in [0.2, 0.25) is 0 Å². The van der Waals surface area contributed by atoms with Gasteiger partial charge >= 0.3 is 6.03 Å². The highest BCUT2D eigenvalue weighted by Crippen LogP contribution is 2.36. The Morgan fingerprint density at radius 1 is 1.10 bits per heavy atom. The second-order valence-electron chi connectivity index (χ2n) is 6.46. The van der Waals surface area contributed by atoms with E-state index in [2.05, 4.69) is 4.37 Å². The van der Waals surface area contributed by atoms with Gasteiger partial charge in [0.1, 0.15) is 11.6 Å². The molecule has 0 radical (unpaired) electrons. The Hall–Kier alpha value is -3.49. The Morgan fingerprint density at radius 3 is 2.55 bits per heavy atom. The molecule has 0 aliphatic heterocycles. The van der Waals surface area contributed by atoms with Crippen LogP contribution in [-0.2, 0) is 6.54 Å². The Bertz CT molecular complexity index is 1210. The van der Waals surface area contributed by atoms with E-state index in [9.17, 15) is 9.18 Å².